The number of nitrogens with zero attached hydrogens (tertiary/aromatic N) is 1. The molecule has 1 aromatic carbocycles. The third-order valence-electron chi connectivity index (χ3n) is 1.81. The minimum absolute atomic E-state index is 0. The van der Waals surface area contributed by atoms with Crippen molar-refractivity contribution < 1.29 is 9.90 Å². The standard InChI is InChI=1S/C9H7NO2.CH4/c11-9(12)10-6-5-7-3-1-2-4-8(7)10;/h1-6H,(H,11,12);1H4. The second-order valence-corrected chi connectivity index (χ2v) is 2.53. The van der Waals surface area contributed by atoms with Gasteiger partial charge in [-0.15, -0.1) is 0 Å². The van der Waals surface area contributed by atoms with Crippen LogP contribution in [0.3, 0.4) is 0 Å². The van der Waals surface area contributed by atoms with E-state index in [0.29, 0.717) is 0 Å². The minimum Gasteiger partial charge on any atom is -0.464 e. The Labute approximate surface area is 76.2 Å². The number of hydrogen-bond acceptors (Lipinski definition) is 1. The fourth-order valence-electron chi connectivity index (χ4n) is 1.25. The molecule has 0 aliphatic carbocycles. The molecule has 0 fully saturated rings. The van der Waals surface area contributed by atoms with Gasteiger partial charge in [0.05, 0.1) is 5.52 Å². The number of aromatic nitrogens is 1. The normalized spacial score (nSPS) is 9.54. The Balaban J connectivity index is 0.000000845. The van der Waals surface area contributed by atoms with Crippen molar-refractivity contribution in [1.29, 1.82) is 0 Å². The zero-order valence-corrected chi connectivity index (χ0v) is 6.27. The van der Waals surface area contributed by atoms with Crippen LogP contribution in [0.25, 0.3) is 10.9 Å². The lowest BCUT2D eigenvalue weighted by Gasteiger charge is -1.95. The maximum Gasteiger partial charge on any atom is 0.415 e. The monoisotopic (exact) mass is 177 g/mol. The van der Waals surface area contributed by atoms with Crippen molar-refractivity contribution in [2.45, 2.75) is 7.43 Å². The molecule has 0 saturated carbocycles. The van der Waals surface area contributed by atoms with Gasteiger partial charge >= 0.3 is 6.09 Å². The molecule has 13 heavy (non-hydrogen) atoms. The molecule has 1 aromatic heterocycles. The zero-order valence-electron chi connectivity index (χ0n) is 6.27. The average Bonchev–Trinajstić information content (AvgIpc) is 2.47. The predicted octanol–water partition coefficient (Wildman–Crippen LogP) is 2.80. The number of benzene rings is 1. The van der Waals surface area contributed by atoms with Crippen molar-refractivity contribution in [3.63, 3.8) is 0 Å². The number of fused-ring (bicyclic) bond motifs is 1. The summed E-state index contributed by atoms with van der Waals surface area (Å²) >= 11 is 0. The lowest BCUT2D eigenvalue weighted by atomic mass is 10.2. The van der Waals surface area contributed by atoms with E-state index in [-0.39, 0.29) is 7.43 Å². The second kappa shape index (κ2) is 3.31. The number of para-hydroxylation sites is 1. The van der Waals surface area contributed by atoms with Gasteiger partial charge in [-0.2, -0.15) is 0 Å². The molecule has 68 valence electrons. The summed E-state index contributed by atoms with van der Waals surface area (Å²) in [5.74, 6) is 0. The van der Waals surface area contributed by atoms with Gasteiger partial charge in [-0.25, -0.2) is 4.79 Å². The fraction of sp³-hybridized carbons (Fsp3) is 0.100. The molecule has 0 aliphatic heterocycles. The van der Waals surface area contributed by atoms with E-state index in [4.69, 9.17) is 5.11 Å². The first-order valence-electron chi connectivity index (χ1n) is 3.58. The van der Waals surface area contributed by atoms with Gasteiger partial charge in [0.1, 0.15) is 0 Å². The molecule has 0 saturated heterocycles. The summed E-state index contributed by atoms with van der Waals surface area (Å²) in [6.07, 6.45) is 0.601. The summed E-state index contributed by atoms with van der Waals surface area (Å²) in [4.78, 5) is 10.6. The highest BCUT2D eigenvalue weighted by Crippen LogP contribution is 2.14. The fourth-order valence-corrected chi connectivity index (χ4v) is 1.25. The molecule has 0 aliphatic rings. The molecule has 0 amide bonds. The summed E-state index contributed by atoms with van der Waals surface area (Å²) in [5, 5.41) is 9.68. The molecule has 2 rings (SSSR count). The van der Waals surface area contributed by atoms with E-state index in [9.17, 15) is 4.79 Å². The van der Waals surface area contributed by atoms with Gasteiger partial charge in [-0.05, 0) is 12.1 Å². The van der Waals surface area contributed by atoms with Gasteiger partial charge in [0.15, 0.2) is 0 Å². The number of hydrogen-bond donors (Lipinski definition) is 1. The Kier molecular flexibility index (Phi) is 2.37. The maximum absolute atomic E-state index is 10.6. The molecule has 0 radical (unpaired) electrons. The number of carboxylic acid groups (broad SMARTS) is 1. The highest BCUT2D eigenvalue weighted by atomic mass is 16.4. The highest BCUT2D eigenvalue weighted by Gasteiger charge is 2.04. The topological polar surface area (TPSA) is 42.2 Å². The first kappa shape index (κ1) is 9.32. The molecule has 1 heterocycles. The molecule has 0 unspecified atom stereocenters. The van der Waals surface area contributed by atoms with Crippen LogP contribution in [-0.4, -0.2) is 15.8 Å². The summed E-state index contributed by atoms with van der Waals surface area (Å²) in [6, 6.07) is 9.15. The summed E-state index contributed by atoms with van der Waals surface area (Å²) in [7, 11) is 0. The largest absolute Gasteiger partial charge is 0.464 e. The van der Waals surface area contributed by atoms with Crippen molar-refractivity contribution in [2.24, 2.45) is 0 Å². The van der Waals surface area contributed by atoms with Gasteiger partial charge < -0.3 is 5.11 Å². The Morgan fingerprint density at radius 3 is 2.62 bits per heavy atom. The summed E-state index contributed by atoms with van der Waals surface area (Å²) in [6.45, 7) is 0. The van der Waals surface area contributed by atoms with Crippen LogP contribution >= 0.6 is 0 Å². The molecule has 3 nitrogen and oxygen atoms in total. The molecule has 2 aromatic rings. The first-order chi connectivity index (χ1) is 5.79. The predicted molar refractivity (Wildman–Crippen MR) is 52.1 cm³/mol. The molecule has 1 N–H and O–H groups in total. The Morgan fingerprint density at radius 2 is 1.92 bits per heavy atom. The van der Waals surface area contributed by atoms with Crippen LogP contribution in [-0.2, 0) is 0 Å². The number of rotatable bonds is 0. The van der Waals surface area contributed by atoms with Crippen molar-refractivity contribution in [3.05, 3.63) is 36.5 Å². The molecular formula is C10H11NO2. The van der Waals surface area contributed by atoms with E-state index in [1.165, 1.54) is 4.57 Å². The van der Waals surface area contributed by atoms with Crippen molar-refractivity contribution in [1.82, 2.24) is 4.57 Å². The summed E-state index contributed by atoms with van der Waals surface area (Å²) < 4.78 is 1.20. The van der Waals surface area contributed by atoms with Crippen LogP contribution in [0, 0.1) is 0 Å². The van der Waals surface area contributed by atoms with E-state index in [1.807, 2.05) is 18.2 Å². The number of carbonyl (C=O) groups is 1. The lowest BCUT2D eigenvalue weighted by Crippen LogP contribution is -2.05. The molecule has 0 bridgehead atoms. The van der Waals surface area contributed by atoms with E-state index in [2.05, 4.69) is 0 Å². The van der Waals surface area contributed by atoms with Crippen LogP contribution in [0.5, 0.6) is 0 Å². The Hall–Kier alpha value is -1.77. The van der Waals surface area contributed by atoms with Crippen LogP contribution in [0.15, 0.2) is 36.5 Å². The molecule has 0 spiro atoms. The smallest absolute Gasteiger partial charge is 0.415 e. The lowest BCUT2D eigenvalue weighted by molar-refractivity contribution is 0.197. The zero-order chi connectivity index (χ0) is 8.55. The third-order valence-corrected chi connectivity index (χ3v) is 1.81. The third kappa shape index (κ3) is 1.40. The van der Waals surface area contributed by atoms with Crippen LogP contribution in [0.1, 0.15) is 7.43 Å². The maximum atomic E-state index is 10.6. The van der Waals surface area contributed by atoms with Crippen molar-refractivity contribution in [2.75, 3.05) is 0 Å². The molecule has 0 atom stereocenters. The first-order valence-corrected chi connectivity index (χ1v) is 3.58. The van der Waals surface area contributed by atoms with Crippen molar-refractivity contribution >= 4 is 17.0 Å². The van der Waals surface area contributed by atoms with Gasteiger partial charge in [0.25, 0.3) is 0 Å². The second-order valence-electron chi connectivity index (χ2n) is 2.53. The van der Waals surface area contributed by atoms with Crippen molar-refractivity contribution in [3.8, 4) is 0 Å². The van der Waals surface area contributed by atoms with Gasteiger partial charge in [0.2, 0.25) is 0 Å². The molecule has 3 heteroatoms. The Bertz CT molecular complexity index is 431. The van der Waals surface area contributed by atoms with E-state index in [1.54, 1.807) is 18.3 Å². The SMILES string of the molecule is C.O=C(O)n1ccc2ccccc21. The van der Waals surface area contributed by atoms with Gasteiger partial charge in [-0.1, -0.05) is 25.6 Å². The quantitative estimate of drug-likeness (QED) is 0.672. The molecular weight excluding hydrogens is 166 g/mol. The highest BCUT2D eigenvalue weighted by molar-refractivity contribution is 5.88. The average molecular weight is 177 g/mol. The van der Waals surface area contributed by atoms with Crippen LogP contribution in [0.2, 0.25) is 0 Å². The van der Waals surface area contributed by atoms with Crippen LogP contribution in [0.4, 0.5) is 4.79 Å². The Morgan fingerprint density at radius 1 is 1.23 bits per heavy atom. The summed E-state index contributed by atoms with van der Waals surface area (Å²) in [5.41, 5.74) is 0.727. The van der Waals surface area contributed by atoms with E-state index >= 15 is 0 Å². The minimum atomic E-state index is -0.948. The van der Waals surface area contributed by atoms with Gasteiger partial charge in [0, 0.05) is 11.6 Å². The van der Waals surface area contributed by atoms with E-state index in [0.717, 1.165) is 10.9 Å². The van der Waals surface area contributed by atoms with E-state index < -0.39 is 6.09 Å². The van der Waals surface area contributed by atoms with Gasteiger partial charge in [-0.3, -0.25) is 4.57 Å². The van der Waals surface area contributed by atoms with Crippen LogP contribution < -0.4 is 0 Å².